The van der Waals surface area contributed by atoms with Crippen molar-refractivity contribution in [3.63, 3.8) is 0 Å². The van der Waals surface area contributed by atoms with E-state index in [1.165, 1.54) is 12.8 Å². The van der Waals surface area contributed by atoms with Gasteiger partial charge in [0.05, 0.1) is 13.2 Å². The average molecular weight is 397 g/mol. The summed E-state index contributed by atoms with van der Waals surface area (Å²) in [6.07, 6.45) is 6.44. The summed E-state index contributed by atoms with van der Waals surface area (Å²) in [6.45, 7) is 5.41. The van der Waals surface area contributed by atoms with E-state index in [9.17, 15) is 4.79 Å². The Kier molecular flexibility index (Phi) is 8.24. The van der Waals surface area contributed by atoms with E-state index >= 15 is 0 Å². The summed E-state index contributed by atoms with van der Waals surface area (Å²) in [7, 11) is 1.94. The highest BCUT2D eigenvalue weighted by Gasteiger charge is 2.36. The van der Waals surface area contributed by atoms with Gasteiger partial charge in [-0.1, -0.05) is 13.8 Å². The molecule has 1 aromatic carbocycles. The number of piperidine rings is 1. The molecule has 2 heterocycles. The van der Waals surface area contributed by atoms with Crippen LogP contribution in [0.2, 0.25) is 0 Å². The first-order chi connectivity index (χ1) is 12.6. The quantitative estimate of drug-likeness (QED) is 0.720. The van der Waals surface area contributed by atoms with Crippen molar-refractivity contribution in [1.29, 1.82) is 0 Å². The molecule has 2 bridgehead atoms. The second-order valence-electron chi connectivity index (χ2n) is 7.54. The van der Waals surface area contributed by atoms with Gasteiger partial charge >= 0.3 is 0 Å². The summed E-state index contributed by atoms with van der Waals surface area (Å²) in [5.41, 5.74) is 0.674. The monoisotopic (exact) mass is 396 g/mol. The van der Waals surface area contributed by atoms with Crippen LogP contribution in [0.1, 0.15) is 62.7 Å². The molecule has 2 aliphatic heterocycles. The Morgan fingerprint density at radius 2 is 1.67 bits per heavy atom. The number of carbonyl (C=O) groups excluding carboxylic acids is 1. The fourth-order valence-electron chi connectivity index (χ4n) is 4.01. The lowest BCUT2D eigenvalue weighted by atomic mass is 9.98. The molecule has 2 fully saturated rings. The maximum absolute atomic E-state index is 13.0. The van der Waals surface area contributed by atoms with Crippen LogP contribution in [0.25, 0.3) is 0 Å². The zero-order chi connectivity index (χ0) is 18.5. The fraction of sp³-hybridized carbons (Fsp3) is 0.667. The van der Waals surface area contributed by atoms with Crippen molar-refractivity contribution < 1.29 is 14.3 Å². The van der Waals surface area contributed by atoms with Gasteiger partial charge in [-0.3, -0.25) is 4.79 Å². The van der Waals surface area contributed by atoms with Crippen molar-refractivity contribution in [2.24, 2.45) is 0 Å². The van der Waals surface area contributed by atoms with Crippen LogP contribution in [-0.2, 0) is 0 Å². The molecule has 0 saturated carbocycles. The molecule has 2 atom stereocenters. The molecule has 5 nitrogen and oxygen atoms in total. The zero-order valence-electron chi connectivity index (χ0n) is 16.7. The van der Waals surface area contributed by atoms with Crippen LogP contribution >= 0.6 is 12.4 Å². The summed E-state index contributed by atoms with van der Waals surface area (Å²) in [4.78, 5) is 15.0. The van der Waals surface area contributed by atoms with Crippen LogP contribution in [0, 0.1) is 0 Å². The standard InChI is InChI=1S/C21H32N2O3.ClH/c1-4-10-25-19-9-6-15(12-20(19)26-11-5-2)21(24)23(3)18-13-16-7-8-17(14-18)22-16;/h6,9,12,16-18,22H,4-5,7-8,10-11,13-14H2,1-3H3;1H. The normalized spacial score (nSPS) is 23.4. The Hall–Kier alpha value is -1.46. The van der Waals surface area contributed by atoms with E-state index in [1.807, 2.05) is 30.1 Å². The molecular weight excluding hydrogens is 364 g/mol. The molecule has 3 rings (SSSR count). The average Bonchev–Trinajstić information content (AvgIpc) is 3.01. The van der Waals surface area contributed by atoms with Gasteiger partial charge in [0, 0.05) is 30.7 Å². The molecule has 0 spiro atoms. The van der Waals surface area contributed by atoms with Crippen molar-refractivity contribution in [3.05, 3.63) is 23.8 Å². The smallest absolute Gasteiger partial charge is 0.253 e. The third kappa shape index (κ3) is 5.29. The minimum atomic E-state index is 0. The molecule has 1 aromatic rings. The van der Waals surface area contributed by atoms with Crippen LogP contribution in [0.5, 0.6) is 11.5 Å². The van der Waals surface area contributed by atoms with Crippen molar-refractivity contribution in [3.8, 4) is 11.5 Å². The van der Waals surface area contributed by atoms with Gasteiger partial charge in [-0.25, -0.2) is 0 Å². The number of fused-ring (bicyclic) bond motifs is 2. The minimum Gasteiger partial charge on any atom is -0.490 e. The number of benzene rings is 1. The molecule has 0 radical (unpaired) electrons. The highest BCUT2D eigenvalue weighted by Crippen LogP contribution is 2.32. The summed E-state index contributed by atoms with van der Waals surface area (Å²) in [6, 6.07) is 7.03. The Bertz CT molecular complexity index is 613. The van der Waals surface area contributed by atoms with Crippen LogP contribution in [0.15, 0.2) is 18.2 Å². The minimum absolute atomic E-state index is 0. The van der Waals surface area contributed by atoms with Crippen LogP contribution in [-0.4, -0.2) is 49.2 Å². The van der Waals surface area contributed by atoms with Gasteiger partial charge in [-0.2, -0.15) is 0 Å². The predicted octanol–water partition coefficient (Wildman–Crippen LogP) is 4.04. The lowest BCUT2D eigenvalue weighted by Crippen LogP contribution is -2.48. The molecule has 1 N–H and O–H groups in total. The van der Waals surface area contributed by atoms with Crippen LogP contribution in [0.4, 0.5) is 0 Å². The fourth-order valence-corrected chi connectivity index (χ4v) is 4.01. The maximum Gasteiger partial charge on any atom is 0.253 e. The molecule has 27 heavy (non-hydrogen) atoms. The van der Waals surface area contributed by atoms with E-state index < -0.39 is 0 Å². The van der Waals surface area contributed by atoms with Gasteiger partial charge < -0.3 is 19.7 Å². The zero-order valence-corrected chi connectivity index (χ0v) is 17.5. The van der Waals surface area contributed by atoms with Gasteiger partial charge in [-0.05, 0) is 56.7 Å². The predicted molar refractivity (Wildman–Crippen MR) is 110 cm³/mol. The first kappa shape index (κ1) is 21.8. The molecule has 0 aliphatic carbocycles. The van der Waals surface area contributed by atoms with E-state index in [4.69, 9.17) is 9.47 Å². The molecule has 2 unspecified atom stereocenters. The number of amides is 1. The number of rotatable bonds is 8. The Morgan fingerprint density at radius 1 is 1.07 bits per heavy atom. The van der Waals surface area contributed by atoms with Gasteiger partial charge in [-0.15, -0.1) is 12.4 Å². The molecule has 2 saturated heterocycles. The molecule has 2 aliphatic rings. The van der Waals surface area contributed by atoms with Crippen molar-refractivity contribution >= 4 is 18.3 Å². The molecule has 0 aromatic heterocycles. The van der Waals surface area contributed by atoms with Crippen LogP contribution < -0.4 is 14.8 Å². The Labute approximate surface area is 169 Å². The first-order valence-corrected chi connectivity index (χ1v) is 10.0. The highest BCUT2D eigenvalue weighted by molar-refractivity contribution is 5.95. The van der Waals surface area contributed by atoms with E-state index in [2.05, 4.69) is 19.2 Å². The van der Waals surface area contributed by atoms with Gasteiger partial charge in [0.25, 0.3) is 5.91 Å². The lowest BCUT2D eigenvalue weighted by Gasteiger charge is -2.35. The summed E-state index contributed by atoms with van der Waals surface area (Å²) < 4.78 is 11.6. The number of ether oxygens (including phenoxy) is 2. The summed E-state index contributed by atoms with van der Waals surface area (Å²) >= 11 is 0. The third-order valence-electron chi connectivity index (χ3n) is 5.43. The summed E-state index contributed by atoms with van der Waals surface area (Å²) in [5, 5.41) is 3.64. The van der Waals surface area contributed by atoms with E-state index in [0.29, 0.717) is 42.7 Å². The second kappa shape index (κ2) is 10.2. The van der Waals surface area contributed by atoms with Crippen molar-refractivity contribution in [1.82, 2.24) is 10.2 Å². The molecule has 6 heteroatoms. The largest absolute Gasteiger partial charge is 0.490 e. The number of nitrogens with one attached hydrogen (secondary N) is 1. The third-order valence-corrected chi connectivity index (χ3v) is 5.43. The SMILES string of the molecule is CCCOc1ccc(C(=O)N(C)C2CC3CCC(C2)N3)cc1OCCC.Cl. The second-order valence-corrected chi connectivity index (χ2v) is 7.54. The lowest BCUT2D eigenvalue weighted by molar-refractivity contribution is 0.0681. The number of halogens is 1. The first-order valence-electron chi connectivity index (χ1n) is 10.0. The van der Waals surface area contributed by atoms with E-state index in [0.717, 1.165) is 31.4 Å². The molecule has 1 amide bonds. The van der Waals surface area contributed by atoms with Crippen LogP contribution in [0.3, 0.4) is 0 Å². The van der Waals surface area contributed by atoms with Crippen molar-refractivity contribution in [2.45, 2.75) is 70.5 Å². The Morgan fingerprint density at radius 3 is 2.26 bits per heavy atom. The van der Waals surface area contributed by atoms with Gasteiger partial charge in [0.2, 0.25) is 0 Å². The van der Waals surface area contributed by atoms with E-state index in [1.54, 1.807) is 0 Å². The van der Waals surface area contributed by atoms with E-state index in [-0.39, 0.29) is 18.3 Å². The number of nitrogens with zero attached hydrogens (tertiary/aromatic N) is 1. The van der Waals surface area contributed by atoms with Gasteiger partial charge in [0.15, 0.2) is 11.5 Å². The van der Waals surface area contributed by atoms with Crippen molar-refractivity contribution in [2.75, 3.05) is 20.3 Å². The van der Waals surface area contributed by atoms with Gasteiger partial charge in [0.1, 0.15) is 0 Å². The topological polar surface area (TPSA) is 50.8 Å². The number of hydrogen-bond donors (Lipinski definition) is 1. The summed E-state index contributed by atoms with van der Waals surface area (Å²) in [5.74, 6) is 1.46. The maximum atomic E-state index is 13.0. The number of carbonyl (C=O) groups is 1. The Balaban J connectivity index is 0.00000261. The highest BCUT2D eigenvalue weighted by atomic mass is 35.5. The molecule has 152 valence electrons. The number of hydrogen-bond acceptors (Lipinski definition) is 4. The molecular formula is C21H33ClN2O3.